The van der Waals surface area contributed by atoms with Crippen LogP contribution in [0.25, 0.3) is 33.7 Å². The molecule has 0 amide bonds. The van der Waals surface area contributed by atoms with E-state index in [-0.39, 0.29) is 12.2 Å². The SMILES string of the molecule is C=C/C=c1/cccc/c1=C(/OCCOCC1CO1)C(C)(c1ccc(-c2ccccc2)cc1)c1c(OCCOCC2CO2)ccc2ccccc12. The molecular formula is C44H44O6. The topological polar surface area (TPSA) is 62.0 Å². The second-order valence-corrected chi connectivity index (χ2v) is 12.8. The molecule has 2 saturated heterocycles. The summed E-state index contributed by atoms with van der Waals surface area (Å²) in [6, 6.07) is 40.3. The molecule has 5 aromatic rings. The van der Waals surface area contributed by atoms with Gasteiger partial charge in [-0.3, -0.25) is 0 Å². The Hall–Kier alpha value is -4.72. The van der Waals surface area contributed by atoms with Crippen molar-refractivity contribution in [1.29, 1.82) is 0 Å². The zero-order valence-electron chi connectivity index (χ0n) is 28.6. The van der Waals surface area contributed by atoms with E-state index in [9.17, 15) is 0 Å². The van der Waals surface area contributed by atoms with Gasteiger partial charge in [-0.15, -0.1) is 0 Å². The Morgan fingerprint density at radius 1 is 0.720 bits per heavy atom. The van der Waals surface area contributed by atoms with Crippen LogP contribution in [0.4, 0.5) is 0 Å². The summed E-state index contributed by atoms with van der Waals surface area (Å²) in [5, 5.41) is 4.18. The standard InChI is InChI=1S/C44H44O6/c1-3-11-34-14-8-10-17-40(34)43(48-27-25-46-29-38-31-50-38)44(2,36-21-18-33(19-22-36)32-12-5-4-6-13-32)42-39-16-9-7-15-35(39)20-23-41(42)47-26-24-45-28-37-30-49-37/h3-23,37-38H,1,24-31H2,2H3/b34-11-,43-40-. The van der Waals surface area contributed by atoms with Crippen LogP contribution in [0.2, 0.25) is 0 Å². The molecule has 50 heavy (non-hydrogen) atoms. The van der Waals surface area contributed by atoms with Gasteiger partial charge in [0.1, 0.15) is 36.9 Å². The van der Waals surface area contributed by atoms with Crippen molar-refractivity contribution < 1.29 is 28.4 Å². The van der Waals surface area contributed by atoms with Crippen LogP contribution in [0.1, 0.15) is 18.1 Å². The van der Waals surface area contributed by atoms with Crippen LogP contribution in [-0.2, 0) is 29.1 Å². The number of allylic oxidation sites excluding steroid dienone is 1. The maximum absolute atomic E-state index is 6.99. The van der Waals surface area contributed by atoms with Gasteiger partial charge in [0.2, 0.25) is 0 Å². The van der Waals surface area contributed by atoms with Crippen molar-refractivity contribution in [3.63, 3.8) is 0 Å². The molecule has 0 N–H and O–H groups in total. The highest BCUT2D eigenvalue weighted by molar-refractivity contribution is 5.92. The van der Waals surface area contributed by atoms with E-state index in [0.29, 0.717) is 39.6 Å². The number of hydrogen-bond donors (Lipinski definition) is 0. The summed E-state index contributed by atoms with van der Waals surface area (Å²) in [5.74, 6) is 1.58. The Labute approximate surface area is 294 Å². The molecular weight excluding hydrogens is 624 g/mol. The average Bonchev–Trinajstić information content (AvgIpc) is 4.11. The molecule has 2 fully saturated rings. The van der Waals surface area contributed by atoms with Gasteiger partial charge >= 0.3 is 0 Å². The number of rotatable bonds is 17. The molecule has 5 aromatic carbocycles. The van der Waals surface area contributed by atoms with Crippen molar-refractivity contribution in [1.82, 2.24) is 0 Å². The first-order chi connectivity index (χ1) is 24.6. The van der Waals surface area contributed by atoms with Crippen LogP contribution < -0.4 is 15.2 Å². The van der Waals surface area contributed by atoms with Gasteiger partial charge in [-0.25, -0.2) is 0 Å². The average molecular weight is 669 g/mol. The maximum atomic E-state index is 6.99. The summed E-state index contributed by atoms with van der Waals surface area (Å²) in [7, 11) is 0. The molecule has 2 aliphatic heterocycles. The number of fused-ring (bicyclic) bond motifs is 1. The van der Waals surface area contributed by atoms with Gasteiger partial charge in [-0.2, -0.15) is 0 Å². The summed E-state index contributed by atoms with van der Waals surface area (Å²) < 4.78 is 36.2. The van der Waals surface area contributed by atoms with E-state index < -0.39 is 5.41 Å². The molecule has 6 heteroatoms. The summed E-state index contributed by atoms with van der Waals surface area (Å²) >= 11 is 0. The van der Waals surface area contributed by atoms with Crippen molar-refractivity contribution in [2.24, 2.45) is 0 Å². The van der Waals surface area contributed by atoms with E-state index in [1.807, 2.05) is 24.3 Å². The van der Waals surface area contributed by atoms with E-state index in [1.165, 1.54) is 0 Å². The van der Waals surface area contributed by atoms with Crippen LogP contribution in [0.5, 0.6) is 5.75 Å². The van der Waals surface area contributed by atoms with Crippen molar-refractivity contribution >= 4 is 22.6 Å². The van der Waals surface area contributed by atoms with Gasteiger partial charge in [-0.1, -0.05) is 128 Å². The molecule has 0 aliphatic carbocycles. The van der Waals surface area contributed by atoms with Gasteiger partial charge in [0.05, 0.1) is 45.1 Å². The maximum Gasteiger partial charge on any atom is 0.124 e. The van der Waals surface area contributed by atoms with E-state index in [4.69, 9.17) is 28.4 Å². The third-order valence-electron chi connectivity index (χ3n) is 9.29. The quantitative estimate of drug-likeness (QED) is 0.0802. The third kappa shape index (κ3) is 7.85. The number of ether oxygens (including phenoxy) is 6. The lowest BCUT2D eigenvalue weighted by Crippen LogP contribution is -2.38. The van der Waals surface area contributed by atoms with Crippen molar-refractivity contribution in [2.45, 2.75) is 24.5 Å². The van der Waals surface area contributed by atoms with Gasteiger partial charge in [0.15, 0.2) is 0 Å². The summed E-state index contributed by atoms with van der Waals surface area (Å²) in [6.45, 7) is 10.6. The predicted octanol–water partition coefficient (Wildman–Crippen LogP) is 6.81. The van der Waals surface area contributed by atoms with Gasteiger partial charge in [0, 0.05) is 10.8 Å². The molecule has 0 aromatic heterocycles. The van der Waals surface area contributed by atoms with Crippen LogP contribution in [0.15, 0.2) is 128 Å². The molecule has 0 radical (unpaired) electrons. The molecule has 3 unspecified atom stereocenters. The molecule has 2 aliphatic rings. The first kappa shape index (κ1) is 33.8. The fourth-order valence-electron chi connectivity index (χ4n) is 6.54. The van der Waals surface area contributed by atoms with Gasteiger partial charge < -0.3 is 28.4 Å². The van der Waals surface area contributed by atoms with E-state index in [0.717, 1.165) is 68.2 Å². The highest BCUT2D eigenvalue weighted by atomic mass is 16.6. The molecule has 0 spiro atoms. The normalized spacial score (nSPS) is 18.7. The van der Waals surface area contributed by atoms with Crippen molar-refractivity contribution in [3.05, 3.63) is 149 Å². The lowest BCUT2D eigenvalue weighted by Gasteiger charge is -2.36. The molecule has 256 valence electrons. The molecule has 7 rings (SSSR count). The molecule has 2 heterocycles. The predicted molar refractivity (Wildman–Crippen MR) is 199 cm³/mol. The van der Waals surface area contributed by atoms with Gasteiger partial charge in [-0.05, 0) is 45.7 Å². The molecule has 6 nitrogen and oxygen atoms in total. The Morgan fingerprint density at radius 3 is 2.08 bits per heavy atom. The monoisotopic (exact) mass is 668 g/mol. The number of benzene rings is 5. The summed E-state index contributed by atoms with van der Waals surface area (Å²) in [6.07, 6.45) is 4.24. The molecule has 0 bridgehead atoms. The lowest BCUT2D eigenvalue weighted by atomic mass is 9.71. The zero-order chi connectivity index (χ0) is 34.2. The molecule has 0 saturated carbocycles. The highest BCUT2D eigenvalue weighted by Gasteiger charge is 2.40. The Balaban J connectivity index is 1.41. The number of hydrogen-bond acceptors (Lipinski definition) is 6. The van der Waals surface area contributed by atoms with Crippen LogP contribution in [-0.4, -0.2) is 65.1 Å². The van der Waals surface area contributed by atoms with Gasteiger partial charge in [0.25, 0.3) is 0 Å². The number of epoxide rings is 2. The fourth-order valence-corrected chi connectivity index (χ4v) is 6.54. The van der Waals surface area contributed by atoms with Crippen LogP contribution >= 0.6 is 0 Å². The third-order valence-corrected chi connectivity index (χ3v) is 9.29. The Morgan fingerprint density at radius 2 is 1.36 bits per heavy atom. The first-order valence-corrected chi connectivity index (χ1v) is 17.4. The zero-order valence-corrected chi connectivity index (χ0v) is 28.6. The van der Waals surface area contributed by atoms with Crippen molar-refractivity contribution in [3.8, 4) is 16.9 Å². The minimum Gasteiger partial charge on any atom is -0.494 e. The Kier molecular flexibility index (Phi) is 10.7. The van der Waals surface area contributed by atoms with E-state index in [1.54, 1.807) is 0 Å². The minimum atomic E-state index is -0.821. The van der Waals surface area contributed by atoms with E-state index >= 15 is 0 Å². The van der Waals surface area contributed by atoms with Crippen LogP contribution in [0.3, 0.4) is 0 Å². The smallest absolute Gasteiger partial charge is 0.124 e. The summed E-state index contributed by atoms with van der Waals surface area (Å²) in [5.41, 5.74) is 3.57. The summed E-state index contributed by atoms with van der Waals surface area (Å²) in [4.78, 5) is 0. The lowest BCUT2D eigenvalue weighted by molar-refractivity contribution is 0.0752. The second-order valence-electron chi connectivity index (χ2n) is 12.8. The largest absolute Gasteiger partial charge is 0.494 e. The molecule has 3 atom stereocenters. The Bertz CT molecular complexity index is 2010. The van der Waals surface area contributed by atoms with Crippen LogP contribution in [0, 0.1) is 0 Å². The minimum absolute atomic E-state index is 0.186. The highest BCUT2D eigenvalue weighted by Crippen LogP contribution is 2.47. The first-order valence-electron chi connectivity index (χ1n) is 17.4. The second kappa shape index (κ2) is 15.9. The fraction of sp³-hybridized carbons (Fsp3) is 0.273. The van der Waals surface area contributed by atoms with E-state index in [2.05, 4.69) is 117 Å². The van der Waals surface area contributed by atoms with Crippen molar-refractivity contribution in [2.75, 3.05) is 52.9 Å².